The standard InChI is InChI=1S/C11H25ClN2/c1-4-11(7-8-12)13-9-10-14(5-2)6-3/h11,13H,4-10H2,1-3H3. The number of hydrogen-bond donors (Lipinski definition) is 1. The van der Waals surface area contributed by atoms with Crippen molar-refractivity contribution in [1.82, 2.24) is 10.2 Å². The van der Waals surface area contributed by atoms with Crippen LogP contribution in [0.3, 0.4) is 0 Å². The molecule has 0 bridgehead atoms. The van der Waals surface area contributed by atoms with E-state index in [4.69, 9.17) is 11.6 Å². The zero-order valence-electron chi connectivity index (χ0n) is 9.85. The molecule has 0 rings (SSSR count). The summed E-state index contributed by atoms with van der Waals surface area (Å²) in [5.41, 5.74) is 0. The van der Waals surface area contributed by atoms with E-state index in [1.54, 1.807) is 0 Å². The second-order valence-corrected chi connectivity index (χ2v) is 3.94. The molecule has 0 spiro atoms. The molecule has 0 saturated carbocycles. The molecule has 86 valence electrons. The maximum atomic E-state index is 5.72. The molecule has 14 heavy (non-hydrogen) atoms. The third kappa shape index (κ3) is 6.63. The van der Waals surface area contributed by atoms with E-state index in [1.165, 1.54) is 6.42 Å². The maximum absolute atomic E-state index is 5.72. The summed E-state index contributed by atoms with van der Waals surface area (Å²) in [6.07, 6.45) is 2.25. The minimum absolute atomic E-state index is 0.600. The van der Waals surface area contributed by atoms with Crippen molar-refractivity contribution < 1.29 is 0 Å². The van der Waals surface area contributed by atoms with Gasteiger partial charge in [-0.15, -0.1) is 11.6 Å². The first kappa shape index (κ1) is 14.2. The van der Waals surface area contributed by atoms with Gasteiger partial charge in [0.05, 0.1) is 0 Å². The summed E-state index contributed by atoms with van der Waals surface area (Å²) in [5, 5.41) is 3.54. The highest BCUT2D eigenvalue weighted by molar-refractivity contribution is 6.17. The molecule has 0 saturated heterocycles. The molecule has 0 fully saturated rings. The number of hydrogen-bond acceptors (Lipinski definition) is 2. The van der Waals surface area contributed by atoms with Gasteiger partial charge in [-0.2, -0.15) is 0 Å². The van der Waals surface area contributed by atoms with Gasteiger partial charge in [0.1, 0.15) is 0 Å². The lowest BCUT2D eigenvalue weighted by molar-refractivity contribution is 0.294. The SMILES string of the molecule is CCC(CCCl)NCCN(CC)CC. The third-order valence-electron chi connectivity index (χ3n) is 2.71. The van der Waals surface area contributed by atoms with E-state index in [2.05, 4.69) is 31.0 Å². The molecule has 1 N–H and O–H groups in total. The Bertz CT molecular complexity index is 116. The molecular weight excluding hydrogens is 196 g/mol. The Morgan fingerprint density at radius 1 is 1.21 bits per heavy atom. The van der Waals surface area contributed by atoms with Crippen LogP contribution in [0.1, 0.15) is 33.6 Å². The highest BCUT2D eigenvalue weighted by Gasteiger charge is 2.04. The average Bonchev–Trinajstić information content (AvgIpc) is 2.23. The van der Waals surface area contributed by atoms with Gasteiger partial charge in [0.25, 0.3) is 0 Å². The van der Waals surface area contributed by atoms with Gasteiger partial charge in [0.15, 0.2) is 0 Å². The molecule has 0 radical (unpaired) electrons. The largest absolute Gasteiger partial charge is 0.313 e. The summed E-state index contributed by atoms with van der Waals surface area (Å²) in [4.78, 5) is 2.43. The molecule has 3 heteroatoms. The van der Waals surface area contributed by atoms with Crippen LogP contribution >= 0.6 is 11.6 Å². The van der Waals surface area contributed by atoms with Crippen molar-refractivity contribution in [2.45, 2.75) is 39.7 Å². The number of rotatable bonds is 9. The molecule has 0 aromatic carbocycles. The fourth-order valence-corrected chi connectivity index (χ4v) is 1.81. The number of nitrogens with zero attached hydrogens (tertiary/aromatic N) is 1. The van der Waals surface area contributed by atoms with Gasteiger partial charge in [-0.1, -0.05) is 20.8 Å². The number of likely N-dealkylation sites (N-methyl/N-ethyl adjacent to an activating group) is 1. The zero-order valence-corrected chi connectivity index (χ0v) is 10.6. The van der Waals surface area contributed by atoms with Crippen LogP contribution in [0.15, 0.2) is 0 Å². The van der Waals surface area contributed by atoms with E-state index < -0.39 is 0 Å². The summed E-state index contributed by atoms with van der Waals surface area (Å²) < 4.78 is 0. The first-order chi connectivity index (χ1) is 6.78. The summed E-state index contributed by atoms with van der Waals surface area (Å²) in [5.74, 6) is 0.761. The number of alkyl halides is 1. The van der Waals surface area contributed by atoms with Gasteiger partial charge >= 0.3 is 0 Å². The van der Waals surface area contributed by atoms with E-state index in [9.17, 15) is 0 Å². The van der Waals surface area contributed by atoms with E-state index in [0.717, 1.165) is 38.5 Å². The Balaban J connectivity index is 3.48. The van der Waals surface area contributed by atoms with Crippen molar-refractivity contribution in [2.75, 3.05) is 32.1 Å². The summed E-state index contributed by atoms with van der Waals surface area (Å²) in [6.45, 7) is 11.1. The molecule has 2 nitrogen and oxygen atoms in total. The first-order valence-corrected chi connectivity index (χ1v) is 6.33. The topological polar surface area (TPSA) is 15.3 Å². The molecule has 1 unspecified atom stereocenters. The summed E-state index contributed by atoms with van der Waals surface area (Å²) in [6, 6.07) is 0.600. The van der Waals surface area contributed by atoms with Crippen LogP contribution in [0.2, 0.25) is 0 Å². The smallest absolute Gasteiger partial charge is 0.0238 e. The Labute approximate surface area is 94.0 Å². The monoisotopic (exact) mass is 220 g/mol. The average molecular weight is 221 g/mol. The fraction of sp³-hybridized carbons (Fsp3) is 1.00. The molecule has 0 heterocycles. The van der Waals surface area contributed by atoms with Crippen molar-refractivity contribution in [1.29, 1.82) is 0 Å². The molecule has 0 aliphatic carbocycles. The van der Waals surface area contributed by atoms with Gasteiger partial charge in [0.2, 0.25) is 0 Å². The Kier molecular flexibility index (Phi) is 9.90. The van der Waals surface area contributed by atoms with Crippen molar-refractivity contribution in [2.24, 2.45) is 0 Å². The van der Waals surface area contributed by atoms with Gasteiger partial charge in [-0.25, -0.2) is 0 Å². The quantitative estimate of drug-likeness (QED) is 0.600. The van der Waals surface area contributed by atoms with Crippen LogP contribution in [0.4, 0.5) is 0 Å². The van der Waals surface area contributed by atoms with E-state index in [1.807, 2.05) is 0 Å². The van der Waals surface area contributed by atoms with Crippen LogP contribution in [0.25, 0.3) is 0 Å². The van der Waals surface area contributed by atoms with Crippen molar-refractivity contribution in [3.05, 3.63) is 0 Å². The van der Waals surface area contributed by atoms with Gasteiger partial charge in [0, 0.05) is 25.0 Å². The summed E-state index contributed by atoms with van der Waals surface area (Å²) in [7, 11) is 0. The Hall–Kier alpha value is 0.210. The lowest BCUT2D eigenvalue weighted by atomic mass is 10.2. The molecule has 0 aromatic heterocycles. The number of nitrogens with one attached hydrogen (secondary N) is 1. The third-order valence-corrected chi connectivity index (χ3v) is 2.92. The van der Waals surface area contributed by atoms with E-state index in [-0.39, 0.29) is 0 Å². The molecule has 0 aliphatic rings. The zero-order chi connectivity index (χ0) is 10.8. The molecular formula is C11H25ClN2. The normalized spacial score (nSPS) is 13.5. The van der Waals surface area contributed by atoms with E-state index >= 15 is 0 Å². The molecule has 1 atom stereocenters. The predicted octanol–water partition coefficient (Wildman–Crippen LogP) is 2.33. The molecule has 0 aliphatic heterocycles. The van der Waals surface area contributed by atoms with Crippen LogP contribution in [-0.4, -0.2) is 43.0 Å². The van der Waals surface area contributed by atoms with Crippen LogP contribution in [-0.2, 0) is 0 Å². The van der Waals surface area contributed by atoms with Crippen LogP contribution < -0.4 is 5.32 Å². The van der Waals surface area contributed by atoms with Crippen molar-refractivity contribution in [3.8, 4) is 0 Å². The van der Waals surface area contributed by atoms with Crippen molar-refractivity contribution in [3.63, 3.8) is 0 Å². The number of halogens is 1. The van der Waals surface area contributed by atoms with Gasteiger partial charge in [-0.05, 0) is 25.9 Å². The molecule has 0 aromatic rings. The van der Waals surface area contributed by atoms with E-state index in [0.29, 0.717) is 6.04 Å². The summed E-state index contributed by atoms with van der Waals surface area (Å²) >= 11 is 5.72. The van der Waals surface area contributed by atoms with Gasteiger partial charge < -0.3 is 10.2 Å². The predicted molar refractivity (Wildman–Crippen MR) is 65.2 cm³/mol. The lowest BCUT2D eigenvalue weighted by Gasteiger charge is -2.21. The second-order valence-electron chi connectivity index (χ2n) is 3.56. The Morgan fingerprint density at radius 3 is 2.29 bits per heavy atom. The van der Waals surface area contributed by atoms with Crippen LogP contribution in [0, 0.1) is 0 Å². The van der Waals surface area contributed by atoms with Gasteiger partial charge in [-0.3, -0.25) is 0 Å². The lowest BCUT2D eigenvalue weighted by Crippen LogP contribution is -2.37. The van der Waals surface area contributed by atoms with Crippen LogP contribution in [0.5, 0.6) is 0 Å². The second kappa shape index (κ2) is 9.75. The highest BCUT2D eigenvalue weighted by atomic mass is 35.5. The maximum Gasteiger partial charge on any atom is 0.0238 e. The Morgan fingerprint density at radius 2 is 1.86 bits per heavy atom. The van der Waals surface area contributed by atoms with Crippen molar-refractivity contribution >= 4 is 11.6 Å². The minimum Gasteiger partial charge on any atom is -0.313 e. The highest BCUT2D eigenvalue weighted by Crippen LogP contribution is 1.98. The fourth-order valence-electron chi connectivity index (χ4n) is 1.55. The first-order valence-electron chi connectivity index (χ1n) is 5.80. The molecule has 0 amide bonds. The minimum atomic E-state index is 0.600.